The van der Waals surface area contributed by atoms with E-state index in [2.05, 4.69) is 13.8 Å². The molecule has 64 valence electrons. The van der Waals surface area contributed by atoms with Gasteiger partial charge in [-0.3, -0.25) is 0 Å². The lowest BCUT2D eigenvalue weighted by Gasteiger charge is -2.29. The summed E-state index contributed by atoms with van der Waals surface area (Å²) in [5.41, 5.74) is 0. The molecule has 0 bridgehead atoms. The topological polar surface area (TPSA) is 0 Å². The smallest absolute Gasteiger partial charge is 0.0381 e. The summed E-state index contributed by atoms with van der Waals surface area (Å²) in [6, 6.07) is 0. The molecular weight excluding hydrogens is 132 g/mol. The molecule has 0 heterocycles. The predicted molar refractivity (Wildman–Crippen MR) is 48.4 cm³/mol. The van der Waals surface area contributed by atoms with Gasteiger partial charge in [-0.15, -0.1) is 0 Å². The Labute approximate surface area is 70.4 Å². The Morgan fingerprint density at radius 3 is 2.18 bits per heavy atom. The fourth-order valence-corrected chi connectivity index (χ4v) is 3.29. The third-order valence-corrected chi connectivity index (χ3v) is 3.81. The molecule has 0 nitrogen and oxygen atoms in total. The summed E-state index contributed by atoms with van der Waals surface area (Å²) in [4.78, 5) is 0. The first-order chi connectivity index (χ1) is 5.25. The maximum atomic E-state index is 2.43. The molecule has 0 heteroatoms. The lowest BCUT2D eigenvalue weighted by molar-refractivity contribution is 0.220. The molecular formula is C11H20. The summed E-state index contributed by atoms with van der Waals surface area (Å²) < 4.78 is 0. The van der Waals surface area contributed by atoms with Crippen LogP contribution in [0.1, 0.15) is 46.0 Å². The van der Waals surface area contributed by atoms with Crippen LogP contribution >= 0.6 is 0 Å². The summed E-state index contributed by atoms with van der Waals surface area (Å²) >= 11 is 0. The van der Waals surface area contributed by atoms with Gasteiger partial charge in [-0.1, -0.05) is 20.3 Å². The first kappa shape index (κ1) is 7.64. The second-order valence-electron chi connectivity index (χ2n) is 5.01. The molecule has 0 aromatic carbocycles. The van der Waals surface area contributed by atoms with Crippen LogP contribution in [0.5, 0.6) is 0 Å². The second-order valence-corrected chi connectivity index (χ2v) is 5.01. The molecule has 0 radical (unpaired) electrons. The molecule has 4 atom stereocenters. The maximum Gasteiger partial charge on any atom is -0.0381 e. The van der Waals surface area contributed by atoms with Crippen LogP contribution in [-0.4, -0.2) is 0 Å². The third-order valence-electron chi connectivity index (χ3n) is 3.81. The van der Waals surface area contributed by atoms with Gasteiger partial charge in [0.15, 0.2) is 0 Å². The molecule has 2 aliphatic rings. The maximum absolute atomic E-state index is 2.43. The molecule has 0 aromatic heterocycles. The van der Waals surface area contributed by atoms with Crippen LogP contribution in [0.3, 0.4) is 0 Å². The zero-order valence-electron chi connectivity index (χ0n) is 7.84. The number of hydrogen-bond donors (Lipinski definition) is 0. The van der Waals surface area contributed by atoms with Crippen molar-refractivity contribution in [2.75, 3.05) is 0 Å². The number of fused-ring (bicyclic) bond motifs is 1. The Morgan fingerprint density at radius 2 is 1.36 bits per heavy atom. The largest absolute Gasteiger partial charge is 0.0625 e. The van der Waals surface area contributed by atoms with Gasteiger partial charge in [0.1, 0.15) is 0 Å². The molecule has 2 unspecified atom stereocenters. The van der Waals surface area contributed by atoms with Crippen molar-refractivity contribution >= 4 is 0 Å². The van der Waals surface area contributed by atoms with Gasteiger partial charge in [-0.2, -0.15) is 0 Å². The van der Waals surface area contributed by atoms with E-state index in [1.807, 2.05) is 0 Å². The van der Waals surface area contributed by atoms with Crippen molar-refractivity contribution in [2.24, 2.45) is 23.7 Å². The van der Waals surface area contributed by atoms with Gasteiger partial charge in [-0.25, -0.2) is 0 Å². The molecule has 0 spiro atoms. The van der Waals surface area contributed by atoms with Gasteiger partial charge >= 0.3 is 0 Å². The lowest BCUT2D eigenvalue weighted by Crippen LogP contribution is -2.18. The quantitative estimate of drug-likeness (QED) is 0.498. The van der Waals surface area contributed by atoms with E-state index in [1.165, 1.54) is 32.1 Å². The van der Waals surface area contributed by atoms with Crippen LogP contribution in [0, 0.1) is 23.7 Å². The van der Waals surface area contributed by atoms with Gasteiger partial charge in [0.25, 0.3) is 0 Å². The van der Waals surface area contributed by atoms with E-state index in [0.29, 0.717) is 0 Å². The summed E-state index contributed by atoms with van der Waals surface area (Å²) in [5.74, 6) is 4.31. The van der Waals surface area contributed by atoms with Crippen LogP contribution in [-0.2, 0) is 0 Å². The first-order valence-corrected chi connectivity index (χ1v) is 5.25. The van der Waals surface area contributed by atoms with Crippen LogP contribution in [0.25, 0.3) is 0 Å². The summed E-state index contributed by atoms with van der Waals surface area (Å²) in [6.07, 6.45) is 7.66. The SMILES string of the molecule is C[C@@H]1CC2CC[C@H](C)CC2C1. The van der Waals surface area contributed by atoms with Crippen molar-refractivity contribution in [2.45, 2.75) is 46.0 Å². The van der Waals surface area contributed by atoms with E-state index in [4.69, 9.17) is 0 Å². The molecule has 2 saturated carbocycles. The van der Waals surface area contributed by atoms with Crippen molar-refractivity contribution < 1.29 is 0 Å². The Morgan fingerprint density at radius 1 is 0.727 bits per heavy atom. The Balaban J connectivity index is 1.97. The highest BCUT2D eigenvalue weighted by atomic mass is 14.4. The van der Waals surface area contributed by atoms with Crippen molar-refractivity contribution in [1.82, 2.24) is 0 Å². The summed E-state index contributed by atoms with van der Waals surface area (Å²) in [6.45, 7) is 4.86. The van der Waals surface area contributed by atoms with Crippen LogP contribution in [0.2, 0.25) is 0 Å². The van der Waals surface area contributed by atoms with E-state index in [9.17, 15) is 0 Å². The Bertz CT molecular complexity index is 139. The van der Waals surface area contributed by atoms with Gasteiger partial charge in [-0.05, 0) is 49.4 Å². The van der Waals surface area contributed by atoms with E-state index < -0.39 is 0 Å². The van der Waals surface area contributed by atoms with E-state index in [1.54, 1.807) is 0 Å². The minimum absolute atomic E-state index is 1.03. The number of hydrogen-bond acceptors (Lipinski definition) is 0. The fraction of sp³-hybridized carbons (Fsp3) is 1.00. The molecule has 2 rings (SSSR count). The average Bonchev–Trinajstić information content (AvgIpc) is 2.27. The van der Waals surface area contributed by atoms with Crippen molar-refractivity contribution in [3.63, 3.8) is 0 Å². The molecule has 0 aliphatic heterocycles. The van der Waals surface area contributed by atoms with Crippen LogP contribution < -0.4 is 0 Å². The van der Waals surface area contributed by atoms with Crippen molar-refractivity contribution in [3.05, 3.63) is 0 Å². The van der Waals surface area contributed by atoms with E-state index in [0.717, 1.165) is 23.7 Å². The molecule has 0 N–H and O–H groups in total. The second kappa shape index (κ2) is 2.80. The zero-order chi connectivity index (χ0) is 7.84. The highest BCUT2D eigenvalue weighted by molar-refractivity contribution is 4.86. The standard InChI is InChI=1S/C11H20/c1-8-3-4-10-6-9(2)7-11(10)5-8/h8-11H,3-7H2,1-2H3/t8-,9+,10?,11?/m0/s1. The van der Waals surface area contributed by atoms with Crippen LogP contribution in [0.15, 0.2) is 0 Å². The molecule has 2 aliphatic carbocycles. The monoisotopic (exact) mass is 152 g/mol. The van der Waals surface area contributed by atoms with Gasteiger partial charge in [0.05, 0.1) is 0 Å². The van der Waals surface area contributed by atoms with Gasteiger partial charge < -0.3 is 0 Å². The minimum atomic E-state index is 1.03. The zero-order valence-corrected chi connectivity index (χ0v) is 7.84. The van der Waals surface area contributed by atoms with Gasteiger partial charge in [0, 0.05) is 0 Å². The fourth-order valence-electron chi connectivity index (χ4n) is 3.29. The predicted octanol–water partition coefficient (Wildman–Crippen LogP) is 3.47. The molecule has 11 heavy (non-hydrogen) atoms. The normalized spacial score (nSPS) is 50.7. The van der Waals surface area contributed by atoms with E-state index >= 15 is 0 Å². The molecule has 0 amide bonds. The summed E-state index contributed by atoms with van der Waals surface area (Å²) in [5, 5.41) is 0. The first-order valence-electron chi connectivity index (χ1n) is 5.25. The third kappa shape index (κ3) is 1.45. The highest BCUT2D eigenvalue weighted by Gasteiger charge is 2.35. The molecule has 0 aromatic rings. The Hall–Kier alpha value is 0. The van der Waals surface area contributed by atoms with E-state index in [-0.39, 0.29) is 0 Å². The minimum Gasteiger partial charge on any atom is -0.0625 e. The van der Waals surface area contributed by atoms with Crippen molar-refractivity contribution in [1.29, 1.82) is 0 Å². The molecule has 2 fully saturated rings. The average molecular weight is 152 g/mol. The van der Waals surface area contributed by atoms with Gasteiger partial charge in [0.2, 0.25) is 0 Å². The Kier molecular flexibility index (Phi) is 1.95. The summed E-state index contributed by atoms with van der Waals surface area (Å²) in [7, 11) is 0. The number of rotatable bonds is 0. The van der Waals surface area contributed by atoms with Crippen molar-refractivity contribution in [3.8, 4) is 0 Å². The lowest BCUT2D eigenvalue weighted by atomic mass is 9.77. The van der Waals surface area contributed by atoms with Crippen LogP contribution in [0.4, 0.5) is 0 Å². The highest BCUT2D eigenvalue weighted by Crippen LogP contribution is 2.46. The molecule has 0 saturated heterocycles.